The molecule has 15 heavy (non-hydrogen) atoms. The molecule has 0 unspecified atom stereocenters. The standard InChI is InChI=1S/C12H17NO2/c1-4-11(12(14)15)13(3)10-7-5-9(2)6-8-10/h5-8,11H,4H2,1-3H3,(H,14,15)/t11-/m0/s1. The first kappa shape index (κ1) is 11.6. The van der Waals surface area contributed by atoms with E-state index in [1.807, 2.05) is 45.2 Å². The molecule has 3 nitrogen and oxygen atoms in total. The number of aryl methyl sites for hydroxylation is 1. The number of carboxylic acid groups (broad SMARTS) is 1. The van der Waals surface area contributed by atoms with Crippen LogP contribution in [0.2, 0.25) is 0 Å². The molecule has 0 amide bonds. The summed E-state index contributed by atoms with van der Waals surface area (Å²) < 4.78 is 0. The Hall–Kier alpha value is -1.51. The summed E-state index contributed by atoms with van der Waals surface area (Å²) >= 11 is 0. The van der Waals surface area contributed by atoms with E-state index in [4.69, 9.17) is 5.11 Å². The SMILES string of the molecule is CC[C@@H](C(=O)O)N(C)c1ccc(C)cc1. The molecule has 1 N–H and O–H groups in total. The number of likely N-dealkylation sites (N-methyl/N-ethyl adjacent to an activating group) is 1. The molecule has 0 aromatic heterocycles. The van der Waals surface area contributed by atoms with Crippen LogP contribution in [-0.2, 0) is 4.79 Å². The fourth-order valence-corrected chi connectivity index (χ4v) is 1.57. The summed E-state index contributed by atoms with van der Waals surface area (Å²) in [4.78, 5) is 12.8. The van der Waals surface area contributed by atoms with Crippen molar-refractivity contribution in [1.82, 2.24) is 0 Å². The Morgan fingerprint density at radius 2 is 1.93 bits per heavy atom. The van der Waals surface area contributed by atoms with Crippen LogP contribution in [0.1, 0.15) is 18.9 Å². The number of hydrogen-bond acceptors (Lipinski definition) is 2. The van der Waals surface area contributed by atoms with E-state index >= 15 is 0 Å². The van der Waals surface area contributed by atoms with Gasteiger partial charge in [0.15, 0.2) is 0 Å². The quantitative estimate of drug-likeness (QED) is 0.823. The third-order valence-corrected chi connectivity index (χ3v) is 2.58. The second kappa shape index (κ2) is 4.82. The third-order valence-electron chi connectivity index (χ3n) is 2.58. The van der Waals surface area contributed by atoms with Crippen LogP contribution in [0, 0.1) is 6.92 Å². The number of carboxylic acids is 1. The lowest BCUT2D eigenvalue weighted by atomic mass is 10.1. The van der Waals surface area contributed by atoms with Gasteiger partial charge in [0.2, 0.25) is 0 Å². The van der Waals surface area contributed by atoms with Crippen LogP contribution in [0.4, 0.5) is 5.69 Å². The Labute approximate surface area is 90.3 Å². The summed E-state index contributed by atoms with van der Waals surface area (Å²) in [5.41, 5.74) is 2.12. The van der Waals surface area contributed by atoms with Crippen molar-refractivity contribution in [3.05, 3.63) is 29.8 Å². The predicted molar refractivity (Wildman–Crippen MR) is 61.3 cm³/mol. The smallest absolute Gasteiger partial charge is 0.326 e. The lowest BCUT2D eigenvalue weighted by Crippen LogP contribution is -2.37. The van der Waals surface area contributed by atoms with Crippen molar-refractivity contribution in [1.29, 1.82) is 0 Å². The molecule has 0 spiro atoms. The maximum atomic E-state index is 11.0. The fourth-order valence-electron chi connectivity index (χ4n) is 1.57. The van der Waals surface area contributed by atoms with Crippen LogP contribution < -0.4 is 4.90 Å². The van der Waals surface area contributed by atoms with E-state index in [1.165, 1.54) is 5.56 Å². The van der Waals surface area contributed by atoms with Gasteiger partial charge in [-0.25, -0.2) is 4.79 Å². The van der Waals surface area contributed by atoms with Crippen molar-refractivity contribution in [2.45, 2.75) is 26.3 Å². The first-order valence-corrected chi connectivity index (χ1v) is 5.08. The van der Waals surface area contributed by atoms with Crippen molar-refractivity contribution in [3.8, 4) is 0 Å². The molecule has 0 aliphatic heterocycles. The van der Waals surface area contributed by atoms with Gasteiger partial charge in [-0.05, 0) is 25.5 Å². The zero-order valence-corrected chi connectivity index (χ0v) is 9.40. The first-order chi connectivity index (χ1) is 7.06. The molecule has 0 aliphatic carbocycles. The van der Waals surface area contributed by atoms with Gasteiger partial charge in [-0.15, -0.1) is 0 Å². The number of benzene rings is 1. The van der Waals surface area contributed by atoms with Gasteiger partial charge in [-0.2, -0.15) is 0 Å². The van der Waals surface area contributed by atoms with Gasteiger partial charge >= 0.3 is 5.97 Å². The minimum Gasteiger partial charge on any atom is -0.480 e. The number of anilines is 1. The molecule has 3 heteroatoms. The minimum atomic E-state index is -0.777. The Morgan fingerprint density at radius 1 is 1.40 bits per heavy atom. The molecule has 0 aliphatic rings. The second-order valence-corrected chi connectivity index (χ2v) is 3.71. The van der Waals surface area contributed by atoms with Crippen molar-refractivity contribution in [2.75, 3.05) is 11.9 Å². The van der Waals surface area contributed by atoms with Crippen LogP contribution in [0.5, 0.6) is 0 Å². The Bertz CT molecular complexity index is 332. The highest BCUT2D eigenvalue weighted by molar-refractivity contribution is 5.77. The van der Waals surface area contributed by atoms with Crippen LogP contribution >= 0.6 is 0 Å². The molecule has 1 atom stereocenters. The maximum Gasteiger partial charge on any atom is 0.326 e. The number of carbonyl (C=O) groups is 1. The summed E-state index contributed by atoms with van der Waals surface area (Å²) in [5.74, 6) is -0.777. The van der Waals surface area contributed by atoms with Gasteiger partial charge in [0, 0.05) is 12.7 Å². The molecule has 0 heterocycles. The van der Waals surface area contributed by atoms with Crippen LogP contribution in [-0.4, -0.2) is 24.2 Å². The molecule has 82 valence electrons. The largest absolute Gasteiger partial charge is 0.480 e. The molecule has 1 rings (SSSR count). The zero-order valence-electron chi connectivity index (χ0n) is 9.40. The highest BCUT2D eigenvalue weighted by Crippen LogP contribution is 2.17. The molecular formula is C12H17NO2. The average molecular weight is 207 g/mol. The first-order valence-electron chi connectivity index (χ1n) is 5.08. The van der Waals surface area contributed by atoms with Crippen molar-refractivity contribution in [3.63, 3.8) is 0 Å². The van der Waals surface area contributed by atoms with E-state index in [-0.39, 0.29) is 0 Å². The molecular weight excluding hydrogens is 190 g/mol. The minimum absolute atomic E-state index is 0.451. The van der Waals surface area contributed by atoms with E-state index in [0.29, 0.717) is 6.42 Å². The molecule has 0 saturated carbocycles. The van der Waals surface area contributed by atoms with Crippen molar-refractivity contribution < 1.29 is 9.90 Å². The topological polar surface area (TPSA) is 40.5 Å². The van der Waals surface area contributed by atoms with Gasteiger partial charge in [-0.3, -0.25) is 0 Å². The van der Waals surface area contributed by atoms with Gasteiger partial charge < -0.3 is 10.0 Å². The molecule has 1 aromatic rings. The molecule has 0 bridgehead atoms. The number of rotatable bonds is 4. The molecule has 0 fully saturated rings. The summed E-state index contributed by atoms with van der Waals surface area (Å²) in [6.45, 7) is 3.89. The number of nitrogens with zero attached hydrogens (tertiary/aromatic N) is 1. The lowest BCUT2D eigenvalue weighted by molar-refractivity contribution is -0.138. The molecule has 0 radical (unpaired) electrons. The van der Waals surface area contributed by atoms with E-state index in [1.54, 1.807) is 4.90 Å². The Morgan fingerprint density at radius 3 is 2.33 bits per heavy atom. The Kier molecular flexibility index (Phi) is 3.72. The predicted octanol–water partition coefficient (Wildman–Crippen LogP) is 2.29. The van der Waals surface area contributed by atoms with Crippen molar-refractivity contribution >= 4 is 11.7 Å². The summed E-state index contributed by atoms with van der Waals surface area (Å²) in [7, 11) is 1.81. The van der Waals surface area contributed by atoms with Crippen molar-refractivity contribution in [2.24, 2.45) is 0 Å². The Balaban J connectivity index is 2.87. The maximum absolute atomic E-state index is 11.0. The van der Waals surface area contributed by atoms with Gasteiger partial charge in [0.05, 0.1) is 0 Å². The van der Waals surface area contributed by atoms with E-state index in [9.17, 15) is 4.79 Å². The van der Waals surface area contributed by atoms with Crippen LogP contribution in [0.25, 0.3) is 0 Å². The third kappa shape index (κ3) is 2.72. The van der Waals surface area contributed by atoms with Gasteiger partial charge in [-0.1, -0.05) is 24.6 Å². The molecule has 1 aromatic carbocycles. The van der Waals surface area contributed by atoms with Gasteiger partial charge in [0.25, 0.3) is 0 Å². The summed E-state index contributed by atoms with van der Waals surface area (Å²) in [5, 5.41) is 9.02. The monoisotopic (exact) mass is 207 g/mol. The van der Waals surface area contributed by atoms with E-state index < -0.39 is 12.0 Å². The lowest BCUT2D eigenvalue weighted by Gasteiger charge is -2.25. The summed E-state index contributed by atoms with van der Waals surface area (Å²) in [6, 6.07) is 7.41. The number of aliphatic carboxylic acids is 1. The average Bonchev–Trinajstić information content (AvgIpc) is 2.19. The second-order valence-electron chi connectivity index (χ2n) is 3.71. The number of hydrogen-bond donors (Lipinski definition) is 1. The van der Waals surface area contributed by atoms with Crippen LogP contribution in [0.15, 0.2) is 24.3 Å². The van der Waals surface area contributed by atoms with E-state index in [2.05, 4.69) is 0 Å². The normalized spacial score (nSPS) is 12.2. The van der Waals surface area contributed by atoms with Gasteiger partial charge in [0.1, 0.15) is 6.04 Å². The van der Waals surface area contributed by atoms with E-state index in [0.717, 1.165) is 5.69 Å². The molecule has 0 saturated heterocycles. The highest BCUT2D eigenvalue weighted by atomic mass is 16.4. The fraction of sp³-hybridized carbons (Fsp3) is 0.417. The summed E-state index contributed by atoms with van der Waals surface area (Å²) in [6.07, 6.45) is 0.597. The zero-order chi connectivity index (χ0) is 11.4. The van der Waals surface area contributed by atoms with Crippen LogP contribution in [0.3, 0.4) is 0 Å². The highest BCUT2D eigenvalue weighted by Gasteiger charge is 2.20.